The van der Waals surface area contributed by atoms with Crippen molar-refractivity contribution < 1.29 is 45.8 Å². The van der Waals surface area contributed by atoms with Crippen LogP contribution in [0.3, 0.4) is 0 Å². The van der Waals surface area contributed by atoms with Gasteiger partial charge in [-0.3, -0.25) is 4.79 Å². The fourth-order valence-electron chi connectivity index (χ4n) is 5.41. The first kappa shape index (κ1) is 33.9. The average molecular weight is 697 g/mol. The van der Waals surface area contributed by atoms with Crippen LogP contribution < -0.4 is 15.4 Å². The van der Waals surface area contributed by atoms with Crippen LogP contribution in [-0.2, 0) is 17.6 Å². The minimum absolute atomic E-state index is 0.0223. The van der Waals surface area contributed by atoms with Crippen LogP contribution in [0.2, 0.25) is 10.0 Å². The topological polar surface area (TPSA) is 87.7 Å². The van der Waals surface area contributed by atoms with E-state index in [-0.39, 0.29) is 22.0 Å². The number of nitrogens with one attached hydrogen (secondary N) is 2. The number of amides is 1. The summed E-state index contributed by atoms with van der Waals surface area (Å²) in [6.07, 6.45) is -4.16. The van der Waals surface area contributed by atoms with E-state index in [1.807, 2.05) is 0 Å². The molecule has 1 aliphatic heterocycles. The molecule has 0 aliphatic carbocycles. The van der Waals surface area contributed by atoms with Gasteiger partial charge in [0.25, 0.3) is 5.91 Å². The molecule has 3 N–H and O–H groups in total. The predicted octanol–water partition coefficient (Wildman–Crippen LogP) is 8.54. The van der Waals surface area contributed by atoms with Gasteiger partial charge in [-0.1, -0.05) is 65.7 Å². The maximum atomic E-state index is 15.1. The van der Waals surface area contributed by atoms with E-state index >= 15 is 8.78 Å². The highest BCUT2D eigenvalue weighted by atomic mass is 35.5. The second kappa shape index (κ2) is 13.7. The lowest BCUT2D eigenvalue weighted by molar-refractivity contribution is -0.144. The molecule has 246 valence electrons. The molecule has 1 aliphatic rings. The third-order valence-electron chi connectivity index (χ3n) is 7.52. The Morgan fingerprint density at radius 2 is 1.57 bits per heavy atom. The Kier molecular flexibility index (Phi) is 9.92. The van der Waals surface area contributed by atoms with Crippen LogP contribution >= 0.6 is 23.2 Å². The summed E-state index contributed by atoms with van der Waals surface area (Å²) in [5.41, 5.74) is -0.224. The summed E-state index contributed by atoms with van der Waals surface area (Å²) in [5, 5.41) is 14.1. The fourth-order valence-corrected chi connectivity index (χ4v) is 6.07. The Morgan fingerprint density at radius 3 is 2.17 bits per heavy atom. The molecule has 0 bridgehead atoms. The van der Waals surface area contributed by atoms with E-state index in [9.17, 15) is 32.3 Å². The molecule has 47 heavy (non-hydrogen) atoms. The SMILES string of the molecule is O=C(NC(Cc1ccc(-c2c(Cl)cc(F)cc2Cl)c2c1CCCO2)C(=O)O)c1c(F)cc(N[C@H](c2ccccc2)C(F)(F)F)cc1F. The fraction of sp³-hybridized carbons (Fsp3) is 0.212. The van der Waals surface area contributed by atoms with Crippen LogP contribution in [0, 0.1) is 17.5 Å². The minimum Gasteiger partial charge on any atom is -0.493 e. The average Bonchev–Trinajstić information content (AvgIpc) is 2.99. The van der Waals surface area contributed by atoms with Crippen LogP contribution in [0.25, 0.3) is 11.1 Å². The molecule has 5 rings (SSSR count). The molecule has 0 fully saturated rings. The van der Waals surface area contributed by atoms with Gasteiger partial charge in [-0.05, 0) is 53.8 Å². The molecule has 14 heteroatoms. The maximum absolute atomic E-state index is 15.1. The molecular weight excluding hydrogens is 673 g/mol. The summed E-state index contributed by atoms with van der Waals surface area (Å²) in [7, 11) is 0. The van der Waals surface area contributed by atoms with E-state index < -0.39 is 58.8 Å². The van der Waals surface area contributed by atoms with Gasteiger partial charge in [0.05, 0.1) is 16.7 Å². The third-order valence-corrected chi connectivity index (χ3v) is 8.12. The molecule has 0 radical (unpaired) electrons. The molecule has 1 heterocycles. The Hall–Kier alpha value is -4.42. The molecule has 0 aromatic heterocycles. The summed E-state index contributed by atoms with van der Waals surface area (Å²) in [6, 6.07) is 8.97. The second-order valence-electron chi connectivity index (χ2n) is 10.7. The third kappa shape index (κ3) is 7.44. The zero-order chi connectivity index (χ0) is 34.0. The number of halogens is 8. The van der Waals surface area contributed by atoms with Gasteiger partial charge in [-0.15, -0.1) is 0 Å². The molecule has 1 unspecified atom stereocenters. The number of benzene rings is 4. The number of carboxylic acid groups (broad SMARTS) is 1. The molecule has 4 aromatic rings. The van der Waals surface area contributed by atoms with E-state index in [0.717, 1.165) is 12.1 Å². The lowest BCUT2D eigenvalue weighted by atomic mass is 9.90. The van der Waals surface area contributed by atoms with Gasteiger partial charge in [0, 0.05) is 23.2 Å². The van der Waals surface area contributed by atoms with Crippen LogP contribution in [0.15, 0.2) is 66.7 Å². The number of carbonyl (C=O) groups excluding carboxylic acids is 1. The van der Waals surface area contributed by atoms with Crippen molar-refractivity contribution in [2.24, 2.45) is 0 Å². The number of fused-ring (bicyclic) bond motifs is 1. The normalized spacial score (nSPS) is 14.0. The van der Waals surface area contributed by atoms with Crippen LogP contribution in [-0.4, -0.2) is 35.8 Å². The lowest BCUT2D eigenvalue weighted by Crippen LogP contribution is -2.43. The first-order valence-electron chi connectivity index (χ1n) is 14.1. The van der Waals surface area contributed by atoms with Crippen molar-refractivity contribution >= 4 is 40.8 Å². The quantitative estimate of drug-likeness (QED) is 0.153. The zero-order valence-corrected chi connectivity index (χ0v) is 25.5. The highest BCUT2D eigenvalue weighted by Gasteiger charge is 2.41. The smallest absolute Gasteiger partial charge is 0.412 e. The van der Waals surface area contributed by atoms with Crippen molar-refractivity contribution in [1.29, 1.82) is 0 Å². The first-order chi connectivity index (χ1) is 22.2. The van der Waals surface area contributed by atoms with Crippen molar-refractivity contribution in [3.05, 3.63) is 116 Å². The van der Waals surface area contributed by atoms with Gasteiger partial charge < -0.3 is 20.5 Å². The van der Waals surface area contributed by atoms with Gasteiger partial charge in [-0.2, -0.15) is 13.2 Å². The number of ether oxygens (including phenoxy) is 1. The first-order valence-corrected chi connectivity index (χ1v) is 14.8. The van der Waals surface area contributed by atoms with E-state index in [1.54, 1.807) is 12.1 Å². The summed E-state index contributed by atoms with van der Waals surface area (Å²) >= 11 is 12.6. The number of aliphatic carboxylic acids is 1. The van der Waals surface area contributed by atoms with Crippen LogP contribution in [0.4, 0.5) is 32.0 Å². The van der Waals surface area contributed by atoms with Gasteiger partial charge in [-0.25, -0.2) is 18.0 Å². The van der Waals surface area contributed by atoms with Crippen molar-refractivity contribution in [1.82, 2.24) is 5.32 Å². The van der Waals surface area contributed by atoms with Gasteiger partial charge in [0.1, 0.15) is 40.8 Å². The second-order valence-corrected chi connectivity index (χ2v) is 11.5. The summed E-state index contributed by atoms with van der Waals surface area (Å²) in [5.74, 6) is -6.27. The Morgan fingerprint density at radius 1 is 0.936 bits per heavy atom. The predicted molar refractivity (Wildman–Crippen MR) is 163 cm³/mol. The Labute approximate surface area is 274 Å². The number of carboxylic acids is 1. The maximum Gasteiger partial charge on any atom is 0.412 e. The number of carbonyl (C=O) groups is 2. The molecule has 0 saturated heterocycles. The molecular formula is C33H24Cl2F6N2O4. The van der Waals surface area contributed by atoms with E-state index in [1.165, 1.54) is 30.3 Å². The van der Waals surface area contributed by atoms with Crippen molar-refractivity contribution in [3.63, 3.8) is 0 Å². The molecule has 0 spiro atoms. The van der Waals surface area contributed by atoms with Crippen LogP contribution in [0.1, 0.15) is 39.5 Å². The van der Waals surface area contributed by atoms with Crippen LogP contribution in [0.5, 0.6) is 5.75 Å². The van der Waals surface area contributed by atoms with Crippen molar-refractivity contribution in [2.75, 3.05) is 11.9 Å². The number of anilines is 1. The van der Waals surface area contributed by atoms with E-state index in [4.69, 9.17) is 27.9 Å². The number of alkyl halides is 3. The number of rotatable bonds is 9. The van der Waals surface area contributed by atoms with Gasteiger partial charge in [0.15, 0.2) is 0 Å². The van der Waals surface area contributed by atoms with Gasteiger partial charge in [0.2, 0.25) is 0 Å². The lowest BCUT2D eigenvalue weighted by Gasteiger charge is -2.25. The van der Waals surface area contributed by atoms with Crippen molar-refractivity contribution in [3.8, 4) is 16.9 Å². The monoisotopic (exact) mass is 696 g/mol. The molecule has 4 aromatic carbocycles. The van der Waals surface area contributed by atoms with Crippen molar-refractivity contribution in [2.45, 2.75) is 37.5 Å². The molecule has 0 saturated carbocycles. The highest BCUT2D eigenvalue weighted by molar-refractivity contribution is 6.39. The summed E-state index contributed by atoms with van der Waals surface area (Å²) in [4.78, 5) is 25.2. The Balaban J connectivity index is 1.40. The molecule has 1 amide bonds. The zero-order valence-electron chi connectivity index (χ0n) is 24.0. The standard InChI is InChI=1S/C33H24Cl2F6N2O4/c34-22-12-18(36)13-23(35)27(22)21-9-8-17(20-7-4-10-47-29(20)21)11-26(32(45)46)43-31(44)28-24(37)14-19(15-25(28)38)42-30(33(39,40)41)16-5-2-1-3-6-16/h1-3,5-6,8-9,12-15,26,30,42H,4,7,10-11H2,(H,43,44)(H,45,46)/t26?,30-/m1/s1. The number of hydrogen-bond acceptors (Lipinski definition) is 4. The Bertz CT molecular complexity index is 1790. The summed E-state index contributed by atoms with van der Waals surface area (Å²) in [6.45, 7) is 0.317. The number of hydrogen-bond donors (Lipinski definition) is 3. The molecule has 6 nitrogen and oxygen atoms in total. The minimum atomic E-state index is -4.83. The molecule has 2 atom stereocenters. The van der Waals surface area contributed by atoms with E-state index in [2.05, 4.69) is 10.6 Å². The van der Waals surface area contributed by atoms with Gasteiger partial charge >= 0.3 is 12.1 Å². The summed E-state index contributed by atoms with van der Waals surface area (Å²) < 4.78 is 91.1. The largest absolute Gasteiger partial charge is 0.493 e. The van der Waals surface area contributed by atoms with E-state index in [0.29, 0.717) is 59.6 Å². The highest BCUT2D eigenvalue weighted by Crippen LogP contribution is 2.44.